The molecule has 2 aromatic carbocycles. The van der Waals surface area contributed by atoms with E-state index in [2.05, 4.69) is 19.2 Å². The summed E-state index contributed by atoms with van der Waals surface area (Å²) in [6.45, 7) is 5.06. The van der Waals surface area contributed by atoms with Crippen LogP contribution in [0.3, 0.4) is 0 Å². The van der Waals surface area contributed by atoms with Crippen molar-refractivity contribution < 1.29 is 4.39 Å². The van der Waals surface area contributed by atoms with E-state index in [1.165, 1.54) is 12.1 Å². The highest BCUT2D eigenvalue weighted by molar-refractivity contribution is 6.31. The summed E-state index contributed by atoms with van der Waals surface area (Å²) in [6.07, 6.45) is 0. The molecule has 0 aliphatic rings. The Morgan fingerprint density at radius 1 is 1.14 bits per heavy atom. The summed E-state index contributed by atoms with van der Waals surface area (Å²) in [7, 11) is 1.94. The van der Waals surface area contributed by atoms with E-state index in [1.54, 1.807) is 12.1 Å². The largest absolute Gasteiger partial charge is 0.345 e. The van der Waals surface area contributed by atoms with E-state index in [9.17, 15) is 4.39 Å². The quantitative estimate of drug-likeness (QED) is 0.843. The van der Waals surface area contributed by atoms with Crippen molar-refractivity contribution in [2.45, 2.75) is 19.9 Å². The topological polar surface area (TPSA) is 15.3 Å². The first-order chi connectivity index (χ1) is 10.0. The summed E-state index contributed by atoms with van der Waals surface area (Å²) in [5, 5.41) is 4.08. The van der Waals surface area contributed by atoms with E-state index in [0.717, 1.165) is 28.5 Å². The van der Waals surface area contributed by atoms with Crippen LogP contribution in [0.15, 0.2) is 42.5 Å². The Morgan fingerprint density at radius 2 is 1.76 bits per heavy atom. The number of halogens is 2. The Morgan fingerprint density at radius 3 is 2.33 bits per heavy atom. The van der Waals surface area contributed by atoms with Gasteiger partial charge in [-0.05, 0) is 55.4 Å². The van der Waals surface area contributed by atoms with Gasteiger partial charge in [0.2, 0.25) is 0 Å². The maximum absolute atomic E-state index is 13.0. The van der Waals surface area contributed by atoms with Crippen LogP contribution in [-0.4, -0.2) is 13.6 Å². The molecule has 0 radical (unpaired) electrons. The van der Waals surface area contributed by atoms with Crippen LogP contribution in [0, 0.1) is 5.82 Å². The van der Waals surface area contributed by atoms with Gasteiger partial charge in [-0.2, -0.15) is 0 Å². The van der Waals surface area contributed by atoms with Crippen LogP contribution in [-0.2, 0) is 0 Å². The fourth-order valence-corrected chi connectivity index (χ4v) is 2.64. The molecule has 0 bridgehead atoms. The van der Waals surface area contributed by atoms with Gasteiger partial charge >= 0.3 is 0 Å². The molecule has 4 heteroatoms. The fourth-order valence-electron chi connectivity index (χ4n) is 2.31. The molecule has 0 saturated carbocycles. The van der Waals surface area contributed by atoms with Gasteiger partial charge < -0.3 is 10.2 Å². The highest BCUT2D eigenvalue weighted by Crippen LogP contribution is 2.30. The minimum atomic E-state index is -0.236. The lowest BCUT2D eigenvalue weighted by Gasteiger charge is -2.22. The molecule has 0 fully saturated rings. The molecule has 21 heavy (non-hydrogen) atoms. The van der Waals surface area contributed by atoms with Crippen molar-refractivity contribution in [3.05, 3.63) is 58.9 Å². The predicted molar refractivity (Wildman–Crippen MR) is 88.0 cm³/mol. The van der Waals surface area contributed by atoms with Crippen LogP contribution in [0.2, 0.25) is 5.02 Å². The van der Waals surface area contributed by atoms with Gasteiger partial charge in [0.15, 0.2) is 0 Å². The molecule has 0 aliphatic heterocycles. The van der Waals surface area contributed by atoms with Gasteiger partial charge in [0.25, 0.3) is 0 Å². The second-order valence-corrected chi connectivity index (χ2v) is 5.43. The molecular formula is C17H20ClFN2. The number of hydrogen-bond acceptors (Lipinski definition) is 2. The monoisotopic (exact) mass is 306 g/mol. The summed E-state index contributed by atoms with van der Waals surface area (Å²) in [6, 6.07) is 12.6. The number of benzene rings is 2. The Kier molecular flexibility index (Phi) is 5.21. The van der Waals surface area contributed by atoms with Crippen molar-refractivity contribution in [3.63, 3.8) is 0 Å². The Labute approximate surface area is 130 Å². The molecule has 2 nitrogen and oxygen atoms in total. The van der Waals surface area contributed by atoms with Crippen molar-refractivity contribution in [3.8, 4) is 0 Å². The van der Waals surface area contributed by atoms with Gasteiger partial charge in [0.05, 0.1) is 0 Å². The lowest BCUT2D eigenvalue weighted by molar-refractivity contribution is 0.598. The third kappa shape index (κ3) is 3.74. The summed E-state index contributed by atoms with van der Waals surface area (Å²) in [5.41, 5.74) is 2.97. The second-order valence-electron chi connectivity index (χ2n) is 5.02. The zero-order valence-electron chi connectivity index (χ0n) is 12.5. The molecule has 0 heterocycles. The van der Waals surface area contributed by atoms with Crippen molar-refractivity contribution in [1.82, 2.24) is 5.32 Å². The van der Waals surface area contributed by atoms with E-state index < -0.39 is 0 Å². The second kappa shape index (κ2) is 6.92. The van der Waals surface area contributed by atoms with Gasteiger partial charge in [-0.25, -0.2) is 4.39 Å². The van der Waals surface area contributed by atoms with Gasteiger partial charge in [-0.3, -0.25) is 0 Å². The van der Waals surface area contributed by atoms with Crippen LogP contribution in [0.1, 0.15) is 25.5 Å². The van der Waals surface area contributed by atoms with Crippen LogP contribution in [0.4, 0.5) is 15.8 Å². The summed E-state index contributed by atoms with van der Waals surface area (Å²) in [5.74, 6) is -0.236. The van der Waals surface area contributed by atoms with Crippen LogP contribution in [0.5, 0.6) is 0 Å². The molecule has 2 aromatic rings. The summed E-state index contributed by atoms with van der Waals surface area (Å²) in [4.78, 5) is 1.98. The third-order valence-corrected chi connectivity index (χ3v) is 3.89. The maximum Gasteiger partial charge on any atom is 0.123 e. The molecule has 1 atom stereocenters. The SMILES string of the molecule is CCNC(C)c1ccc(N(C)c2ccc(F)cc2)cc1Cl. The minimum absolute atomic E-state index is 0.215. The molecule has 112 valence electrons. The smallest absolute Gasteiger partial charge is 0.123 e. The molecule has 0 amide bonds. The highest BCUT2D eigenvalue weighted by Gasteiger charge is 2.11. The first-order valence-electron chi connectivity index (χ1n) is 7.05. The van der Waals surface area contributed by atoms with Crippen LogP contribution in [0.25, 0.3) is 0 Å². The number of nitrogens with one attached hydrogen (secondary N) is 1. The molecule has 0 saturated heterocycles. The minimum Gasteiger partial charge on any atom is -0.345 e. The lowest BCUT2D eigenvalue weighted by Crippen LogP contribution is -2.18. The Bertz CT molecular complexity index is 598. The number of anilines is 2. The molecule has 0 aromatic heterocycles. The average Bonchev–Trinajstić information content (AvgIpc) is 2.47. The maximum atomic E-state index is 13.0. The van der Waals surface area contributed by atoms with E-state index in [-0.39, 0.29) is 11.9 Å². The van der Waals surface area contributed by atoms with E-state index in [0.29, 0.717) is 0 Å². The van der Waals surface area contributed by atoms with Crippen LogP contribution >= 0.6 is 11.6 Å². The first-order valence-corrected chi connectivity index (χ1v) is 7.43. The number of hydrogen-bond donors (Lipinski definition) is 1. The zero-order chi connectivity index (χ0) is 15.4. The molecule has 1 unspecified atom stereocenters. The normalized spacial score (nSPS) is 12.2. The molecule has 2 rings (SSSR count). The standard InChI is InChI=1S/C17H20ClFN2/c1-4-20-12(2)16-10-9-15(11-17(16)18)21(3)14-7-5-13(19)6-8-14/h5-12,20H,4H2,1-3H3. The van der Waals surface area contributed by atoms with Crippen molar-refractivity contribution in [2.24, 2.45) is 0 Å². The third-order valence-electron chi connectivity index (χ3n) is 3.56. The summed E-state index contributed by atoms with van der Waals surface area (Å²) < 4.78 is 13.0. The highest BCUT2D eigenvalue weighted by atomic mass is 35.5. The predicted octanol–water partition coefficient (Wildman–Crippen LogP) is 4.92. The van der Waals surface area contributed by atoms with E-state index >= 15 is 0 Å². The Balaban J connectivity index is 2.25. The molecule has 0 spiro atoms. The van der Waals surface area contributed by atoms with Gasteiger partial charge in [-0.15, -0.1) is 0 Å². The van der Waals surface area contributed by atoms with Gasteiger partial charge in [0.1, 0.15) is 5.82 Å². The van der Waals surface area contributed by atoms with Gasteiger partial charge in [-0.1, -0.05) is 24.6 Å². The fraction of sp³-hybridized carbons (Fsp3) is 0.294. The average molecular weight is 307 g/mol. The number of nitrogens with zero attached hydrogens (tertiary/aromatic N) is 1. The van der Waals surface area contributed by atoms with E-state index in [4.69, 9.17) is 11.6 Å². The van der Waals surface area contributed by atoms with Crippen molar-refractivity contribution in [1.29, 1.82) is 0 Å². The lowest BCUT2D eigenvalue weighted by atomic mass is 10.1. The summed E-state index contributed by atoms with van der Waals surface area (Å²) >= 11 is 6.39. The first kappa shape index (κ1) is 15.8. The molecule has 1 N–H and O–H groups in total. The molecular weight excluding hydrogens is 287 g/mol. The van der Waals surface area contributed by atoms with Crippen molar-refractivity contribution >= 4 is 23.0 Å². The Hall–Kier alpha value is -1.58. The van der Waals surface area contributed by atoms with Crippen LogP contribution < -0.4 is 10.2 Å². The molecule has 0 aliphatic carbocycles. The van der Waals surface area contributed by atoms with E-state index in [1.807, 2.05) is 30.1 Å². The van der Waals surface area contributed by atoms with Gasteiger partial charge in [0, 0.05) is 29.5 Å². The zero-order valence-corrected chi connectivity index (χ0v) is 13.3. The number of rotatable bonds is 5. The van der Waals surface area contributed by atoms with Crippen molar-refractivity contribution in [2.75, 3.05) is 18.5 Å².